The summed E-state index contributed by atoms with van der Waals surface area (Å²) in [4.78, 5) is 26.3. The Morgan fingerprint density at radius 2 is 1.74 bits per heavy atom. The van der Waals surface area contributed by atoms with Gasteiger partial charge in [0.15, 0.2) is 9.84 Å². The number of rotatable bonds is 1. The number of nitrogens with zero attached hydrogens (tertiary/aromatic N) is 2. The fourth-order valence-electron chi connectivity index (χ4n) is 2.63. The maximum Gasteiger partial charge on any atom is 0.320 e. The fraction of sp³-hybridized carbons (Fsp3) is 0.818. The van der Waals surface area contributed by atoms with Gasteiger partial charge in [-0.3, -0.25) is 4.79 Å². The molecule has 0 spiro atoms. The van der Waals surface area contributed by atoms with Gasteiger partial charge in [-0.1, -0.05) is 0 Å². The molecule has 2 atom stereocenters. The molecule has 2 saturated heterocycles. The first-order chi connectivity index (χ1) is 8.82. The van der Waals surface area contributed by atoms with E-state index < -0.39 is 21.7 Å². The van der Waals surface area contributed by atoms with Gasteiger partial charge in [-0.25, -0.2) is 13.2 Å². The normalized spacial score (nSPS) is 30.4. The van der Waals surface area contributed by atoms with Crippen molar-refractivity contribution < 1.29 is 23.1 Å². The van der Waals surface area contributed by atoms with Gasteiger partial charge in [0.05, 0.1) is 17.4 Å². The highest BCUT2D eigenvalue weighted by Gasteiger charge is 2.40. The molecule has 1 N–H and O–H groups in total. The highest BCUT2D eigenvalue weighted by atomic mass is 32.2. The third kappa shape index (κ3) is 2.83. The summed E-state index contributed by atoms with van der Waals surface area (Å²) >= 11 is 0. The quantitative estimate of drug-likeness (QED) is 0.711. The smallest absolute Gasteiger partial charge is 0.320 e. The molecule has 8 heteroatoms. The molecule has 2 aliphatic rings. The average Bonchev–Trinajstić information content (AvgIpc) is 2.70. The summed E-state index contributed by atoms with van der Waals surface area (Å²) in [6.45, 7) is 2.54. The highest BCUT2D eigenvalue weighted by molar-refractivity contribution is 7.91. The molecule has 2 heterocycles. The number of likely N-dealkylation sites (tertiary alicyclic amines) is 1. The largest absolute Gasteiger partial charge is 0.481 e. The Morgan fingerprint density at radius 3 is 2.21 bits per heavy atom. The summed E-state index contributed by atoms with van der Waals surface area (Å²) in [5, 5.41) is 9.03. The van der Waals surface area contributed by atoms with Crippen LogP contribution in [0.15, 0.2) is 0 Å². The third-order valence-electron chi connectivity index (χ3n) is 3.93. The van der Waals surface area contributed by atoms with E-state index in [1.807, 2.05) is 0 Å². The van der Waals surface area contributed by atoms with E-state index in [-0.39, 0.29) is 36.7 Å². The monoisotopic (exact) mass is 290 g/mol. The van der Waals surface area contributed by atoms with E-state index in [0.717, 1.165) is 0 Å². The van der Waals surface area contributed by atoms with Crippen molar-refractivity contribution in [2.45, 2.75) is 19.4 Å². The Hall–Kier alpha value is -1.31. The molecule has 2 unspecified atom stereocenters. The van der Waals surface area contributed by atoms with Crippen LogP contribution in [0.5, 0.6) is 0 Å². The molecule has 19 heavy (non-hydrogen) atoms. The van der Waals surface area contributed by atoms with Crippen LogP contribution >= 0.6 is 0 Å². The Morgan fingerprint density at radius 1 is 1.16 bits per heavy atom. The van der Waals surface area contributed by atoms with E-state index in [0.29, 0.717) is 13.0 Å². The van der Waals surface area contributed by atoms with Crippen molar-refractivity contribution in [3.05, 3.63) is 0 Å². The minimum atomic E-state index is -3.02. The van der Waals surface area contributed by atoms with E-state index in [2.05, 4.69) is 0 Å². The summed E-state index contributed by atoms with van der Waals surface area (Å²) in [7, 11) is -3.02. The third-order valence-corrected chi connectivity index (χ3v) is 5.54. The molecule has 0 saturated carbocycles. The second-order valence-electron chi connectivity index (χ2n) is 5.09. The predicted molar refractivity (Wildman–Crippen MR) is 67.5 cm³/mol. The van der Waals surface area contributed by atoms with Gasteiger partial charge in [-0.15, -0.1) is 0 Å². The Bertz CT molecular complexity index is 475. The lowest BCUT2D eigenvalue weighted by Gasteiger charge is -2.33. The summed E-state index contributed by atoms with van der Waals surface area (Å²) in [6, 6.07) is -0.588. The van der Waals surface area contributed by atoms with Crippen LogP contribution < -0.4 is 0 Å². The van der Waals surface area contributed by atoms with Crippen LogP contribution in [-0.4, -0.2) is 72.5 Å². The molecule has 7 nitrogen and oxygen atoms in total. The second-order valence-corrected chi connectivity index (χ2v) is 7.39. The summed E-state index contributed by atoms with van der Waals surface area (Å²) < 4.78 is 22.6. The molecule has 2 fully saturated rings. The van der Waals surface area contributed by atoms with Crippen molar-refractivity contribution in [1.29, 1.82) is 0 Å². The molecule has 2 amide bonds. The number of carbonyl (C=O) groups excluding carboxylic acids is 1. The topological polar surface area (TPSA) is 95.0 Å². The Balaban J connectivity index is 2.00. The molecule has 0 aromatic carbocycles. The number of sulfone groups is 1. The van der Waals surface area contributed by atoms with Crippen molar-refractivity contribution in [3.63, 3.8) is 0 Å². The van der Waals surface area contributed by atoms with Crippen molar-refractivity contribution >= 4 is 21.8 Å². The molecule has 0 aromatic heterocycles. The molecule has 0 radical (unpaired) electrons. The molecule has 0 aliphatic carbocycles. The van der Waals surface area contributed by atoms with Gasteiger partial charge in [-0.2, -0.15) is 0 Å². The lowest BCUT2D eigenvalue weighted by atomic mass is 10.0. The maximum absolute atomic E-state index is 12.3. The van der Waals surface area contributed by atoms with E-state index in [9.17, 15) is 18.0 Å². The van der Waals surface area contributed by atoms with E-state index in [4.69, 9.17) is 5.11 Å². The van der Waals surface area contributed by atoms with Crippen LogP contribution in [0.3, 0.4) is 0 Å². The average molecular weight is 290 g/mol. The number of carboxylic acids is 1. The molecule has 2 rings (SSSR count). The van der Waals surface area contributed by atoms with Gasteiger partial charge in [0.2, 0.25) is 0 Å². The van der Waals surface area contributed by atoms with Crippen LogP contribution in [0, 0.1) is 5.92 Å². The predicted octanol–water partition coefficient (Wildman–Crippen LogP) is -0.368. The minimum Gasteiger partial charge on any atom is -0.481 e. The van der Waals surface area contributed by atoms with Gasteiger partial charge in [0.25, 0.3) is 0 Å². The number of hydrogen-bond acceptors (Lipinski definition) is 4. The Labute approximate surface area is 112 Å². The van der Waals surface area contributed by atoms with Gasteiger partial charge < -0.3 is 14.9 Å². The van der Waals surface area contributed by atoms with Crippen molar-refractivity contribution in [1.82, 2.24) is 9.80 Å². The Kier molecular flexibility index (Phi) is 3.71. The lowest BCUT2D eigenvalue weighted by Crippen LogP contribution is -2.51. The van der Waals surface area contributed by atoms with E-state index >= 15 is 0 Å². The van der Waals surface area contributed by atoms with Gasteiger partial charge in [0.1, 0.15) is 0 Å². The number of hydrogen-bond donors (Lipinski definition) is 1. The fourth-order valence-corrected chi connectivity index (χ4v) is 3.83. The summed E-state index contributed by atoms with van der Waals surface area (Å²) in [6.07, 6.45) is 0.453. The summed E-state index contributed by atoms with van der Waals surface area (Å²) in [5.74, 6) is -1.44. The number of carboxylic acid groups (broad SMARTS) is 1. The number of carbonyl (C=O) groups is 2. The van der Waals surface area contributed by atoms with Gasteiger partial charge >= 0.3 is 12.0 Å². The summed E-state index contributed by atoms with van der Waals surface area (Å²) in [5.41, 5.74) is 0. The second kappa shape index (κ2) is 4.99. The van der Waals surface area contributed by atoms with Crippen LogP contribution in [0.2, 0.25) is 0 Å². The van der Waals surface area contributed by atoms with E-state index in [1.54, 1.807) is 6.92 Å². The number of urea groups is 1. The lowest BCUT2D eigenvalue weighted by molar-refractivity contribution is -0.142. The van der Waals surface area contributed by atoms with Crippen molar-refractivity contribution in [2.75, 3.05) is 31.1 Å². The van der Waals surface area contributed by atoms with Crippen LogP contribution in [0.25, 0.3) is 0 Å². The molecular formula is C11H18N2O5S. The standard InChI is InChI=1S/C11H18N2O5S/c1-8-9(10(14)15)2-3-13(8)11(16)12-4-6-19(17,18)7-5-12/h8-9H,2-7H2,1H3,(H,14,15). The SMILES string of the molecule is CC1C(C(=O)O)CCN1C(=O)N1CCS(=O)(=O)CC1. The highest BCUT2D eigenvalue weighted by Crippen LogP contribution is 2.25. The van der Waals surface area contributed by atoms with Crippen molar-refractivity contribution in [3.8, 4) is 0 Å². The minimum absolute atomic E-state index is 0.0106. The van der Waals surface area contributed by atoms with Crippen LogP contribution in [0.4, 0.5) is 4.79 Å². The van der Waals surface area contributed by atoms with Gasteiger partial charge in [0, 0.05) is 25.7 Å². The first-order valence-corrected chi connectivity index (χ1v) is 8.13. The zero-order chi connectivity index (χ0) is 14.2. The molecule has 0 bridgehead atoms. The molecular weight excluding hydrogens is 272 g/mol. The van der Waals surface area contributed by atoms with Crippen molar-refractivity contribution in [2.24, 2.45) is 5.92 Å². The van der Waals surface area contributed by atoms with Crippen LogP contribution in [-0.2, 0) is 14.6 Å². The first-order valence-electron chi connectivity index (χ1n) is 6.30. The number of amides is 2. The molecule has 0 aromatic rings. The maximum atomic E-state index is 12.3. The first kappa shape index (κ1) is 14.1. The number of aliphatic carboxylic acids is 1. The van der Waals surface area contributed by atoms with E-state index in [1.165, 1.54) is 9.80 Å². The zero-order valence-electron chi connectivity index (χ0n) is 10.8. The molecule has 108 valence electrons. The zero-order valence-corrected chi connectivity index (χ0v) is 11.6. The molecule has 2 aliphatic heterocycles. The van der Waals surface area contributed by atoms with Crippen LogP contribution in [0.1, 0.15) is 13.3 Å². The van der Waals surface area contributed by atoms with Gasteiger partial charge in [-0.05, 0) is 13.3 Å².